The molecule has 0 aliphatic rings. The predicted octanol–water partition coefficient (Wildman–Crippen LogP) is 6.31. The van der Waals surface area contributed by atoms with Crippen molar-refractivity contribution < 1.29 is 10.2 Å². The van der Waals surface area contributed by atoms with Crippen LogP contribution in [0.2, 0.25) is 20.1 Å². The third-order valence-electron chi connectivity index (χ3n) is 4.15. The number of nitrogens with zero attached hydrogens (tertiary/aromatic N) is 2. The summed E-state index contributed by atoms with van der Waals surface area (Å²) >= 11 is 24.5. The molecule has 0 unspecified atom stereocenters. The average molecular weight is 458 g/mol. The van der Waals surface area contributed by atoms with E-state index in [-0.39, 0.29) is 24.6 Å². The lowest BCUT2D eigenvalue weighted by Crippen LogP contribution is -2.23. The number of aromatic nitrogens is 1. The number of phenols is 2. The SMILES string of the molecule is Oc1cc(Cl)cc(Cl)c1CN(Cc1ccccn1)Cc1c(O)cc(Cl)cc1Cl. The van der Waals surface area contributed by atoms with Crippen LogP contribution < -0.4 is 0 Å². The Bertz CT molecular complexity index is 878. The number of hydrogen-bond donors (Lipinski definition) is 2. The van der Waals surface area contributed by atoms with E-state index in [0.29, 0.717) is 37.8 Å². The zero-order valence-corrected chi connectivity index (χ0v) is 17.6. The minimum Gasteiger partial charge on any atom is -0.508 e. The van der Waals surface area contributed by atoms with Crippen LogP contribution in [0.3, 0.4) is 0 Å². The fraction of sp³-hybridized carbons (Fsp3) is 0.150. The molecule has 3 aromatic rings. The Hall–Kier alpha value is -1.69. The van der Waals surface area contributed by atoms with Crippen LogP contribution in [0, 0.1) is 0 Å². The van der Waals surface area contributed by atoms with Gasteiger partial charge in [-0.3, -0.25) is 9.88 Å². The zero-order valence-electron chi connectivity index (χ0n) is 14.5. The molecule has 3 rings (SSSR count). The standard InChI is InChI=1S/C20H16Cl4N2O2/c21-12-5-17(23)15(19(27)7-12)10-26(9-14-3-1-2-4-25-14)11-16-18(24)6-13(22)8-20(16)28/h1-8,27-28H,9-11H2. The van der Waals surface area contributed by atoms with Gasteiger partial charge in [0.15, 0.2) is 0 Å². The molecule has 1 aromatic heterocycles. The summed E-state index contributed by atoms with van der Waals surface area (Å²) in [6.07, 6.45) is 1.70. The molecular weight excluding hydrogens is 442 g/mol. The Morgan fingerprint density at radius 3 is 1.71 bits per heavy atom. The van der Waals surface area contributed by atoms with Crippen LogP contribution in [0.15, 0.2) is 48.7 Å². The predicted molar refractivity (Wildman–Crippen MR) is 113 cm³/mol. The molecule has 146 valence electrons. The number of phenolic OH excluding ortho intramolecular Hbond substituents is 2. The molecule has 1 heterocycles. The molecule has 0 radical (unpaired) electrons. The lowest BCUT2D eigenvalue weighted by molar-refractivity contribution is 0.238. The van der Waals surface area contributed by atoms with Crippen molar-refractivity contribution in [3.8, 4) is 11.5 Å². The van der Waals surface area contributed by atoms with Crippen LogP contribution >= 0.6 is 46.4 Å². The number of hydrogen-bond acceptors (Lipinski definition) is 4. The lowest BCUT2D eigenvalue weighted by atomic mass is 10.1. The van der Waals surface area contributed by atoms with Crippen molar-refractivity contribution in [2.24, 2.45) is 0 Å². The molecular formula is C20H16Cl4N2O2. The number of aromatic hydroxyl groups is 2. The van der Waals surface area contributed by atoms with Gasteiger partial charge in [-0.15, -0.1) is 0 Å². The van der Waals surface area contributed by atoms with E-state index in [1.807, 2.05) is 23.1 Å². The van der Waals surface area contributed by atoms with Crippen molar-refractivity contribution >= 4 is 46.4 Å². The summed E-state index contributed by atoms with van der Waals surface area (Å²) in [5, 5.41) is 22.0. The third kappa shape index (κ3) is 5.22. The fourth-order valence-electron chi connectivity index (χ4n) is 2.83. The molecule has 0 amide bonds. The molecule has 8 heteroatoms. The highest BCUT2D eigenvalue weighted by Gasteiger charge is 2.18. The topological polar surface area (TPSA) is 56.6 Å². The highest BCUT2D eigenvalue weighted by Crippen LogP contribution is 2.34. The van der Waals surface area contributed by atoms with Gasteiger partial charge in [0.2, 0.25) is 0 Å². The molecule has 0 bridgehead atoms. The van der Waals surface area contributed by atoms with Crippen LogP contribution in [0.1, 0.15) is 16.8 Å². The van der Waals surface area contributed by atoms with Gasteiger partial charge in [0, 0.05) is 47.0 Å². The maximum absolute atomic E-state index is 10.3. The Morgan fingerprint density at radius 1 is 0.750 bits per heavy atom. The molecule has 0 saturated heterocycles. The van der Waals surface area contributed by atoms with Gasteiger partial charge in [0.1, 0.15) is 11.5 Å². The van der Waals surface area contributed by atoms with Gasteiger partial charge < -0.3 is 10.2 Å². The number of pyridine rings is 1. The van der Waals surface area contributed by atoms with Crippen LogP contribution in [-0.2, 0) is 19.6 Å². The van der Waals surface area contributed by atoms with Gasteiger partial charge >= 0.3 is 0 Å². The van der Waals surface area contributed by atoms with Crippen LogP contribution in [0.4, 0.5) is 0 Å². The van der Waals surface area contributed by atoms with Gasteiger partial charge in [-0.25, -0.2) is 0 Å². The average Bonchev–Trinajstić information content (AvgIpc) is 2.61. The molecule has 2 N–H and O–H groups in total. The summed E-state index contributed by atoms with van der Waals surface area (Å²) in [6, 6.07) is 11.6. The molecule has 0 fully saturated rings. The van der Waals surface area contributed by atoms with E-state index in [1.54, 1.807) is 18.3 Å². The van der Waals surface area contributed by atoms with Crippen molar-refractivity contribution in [2.45, 2.75) is 19.6 Å². The van der Waals surface area contributed by atoms with E-state index in [9.17, 15) is 10.2 Å². The van der Waals surface area contributed by atoms with Crippen molar-refractivity contribution in [3.63, 3.8) is 0 Å². The number of halogens is 4. The molecule has 2 aromatic carbocycles. The van der Waals surface area contributed by atoms with Crippen LogP contribution in [-0.4, -0.2) is 20.1 Å². The first-order valence-corrected chi connectivity index (χ1v) is 9.80. The van der Waals surface area contributed by atoms with Gasteiger partial charge in [-0.1, -0.05) is 52.5 Å². The van der Waals surface area contributed by atoms with Crippen molar-refractivity contribution in [2.75, 3.05) is 0 Å². The second-order valence-electron chi connectivity index (χ2n) is 6.24. The van der Waals surface area contributed by atoms with Crippen molar-refractivity contribution in [1.82, 2.24) is 9.88 Å². The smallest absolute Gasteiger partial charge is 0.123 e. The highest BCUT2D eigenvalue weighted by atomic mass is 35.5. The van der Waals surface area contributed by atoms with Crippen LogP contribution in [0.5, 0.6) is 11.5 Å². The second-order valence-corrected chi connectivity index (χ2v) is 7.92. The Morgan fingerprint density at radius 2 is 1.29 bits per heavy atom. The second kappa shape index (κ2) is 9.21. The molecule has 0 aliphatic heterocycles. The van der Waals surface area contributed by atoms with E-state index in [2.05, 4.69) is 4.98 Å². The van der Waals surface area contributed by atoms with Crippen LogP contribution in [0.25, 0.3) is 0 Å². The molecule has 0 atom stereocenters. The summed E-state index contributed by atoms with van der Waals surface area (Å²) in [4.78, 5) is 6.30. The molecule has 4 nitrogen and oxygen atoms in total. The maximum Gasteiger partial charge on any atom is 0.123 e. The van der Waals surface area contributed by atoms with E-state index < -0.39 is 0 Å². The van der Waals surface area contributed by atoms with Crippen molar-refractivity contribution in [1.29, 1.82) is 0 Å². The van der Waals surface area contributed by atoms with E-state index in [1.165, 1.54) is 12.1 Å². The quantitative estimate of drug-likeness (QED) is 0.455. The number of benzene rings is 2. The Labute approximate surface area is 182 Å². The monoisotopic (exact) mass is 456 g/mol. The molecule has 28 heavy (non-hydrogen) atoms. The summed E-state index contributed by atoms with van der Waals surface area (Å²) in [7, 11) is 0. The summed E-state index contributed by atoms with van der Waals surface area (Å²) in [5.74, 6) is -0.00936. The van der Waals surface area contributed by atoms with Gasteiger partial charge in [0.25, 0.3) is 0 Å². The minimum absolute atomic E-state index is 0.00468. The molecule has 0 spiro atoms. The first kappa shape index (κ1) is 21.0. The van der Waals surface area contributed by atoms with Gasteiger partial charge in [-0.05, 0) is 36.4 Å². The van der Waals surface area contributed by atoms with E-state index in [0.717, 1.165) is 5.69 Å². The zero-order chi connectivity index (χ0) is 20.3. The Kier molecular flexibility index (Phi) is 6.91. The summed E-state index contributed by atoms with van der Waals surface area (Å²) in [6.45, 7) is 1.02. The summed E-state index contributed by atoms with van der Waals surface area (Å²) < 4.78 is 0. The highest BCUT2D eigenvalue weighted by molar-refractivity contribution is 6.36. The van der Waals surface area contributed by atoms with Gasteiger partial charge in [0.05, 0.1) is 15.7 Å². The fourth-order valence-corrected chi connectivity index (χ4v) is 3.91. The van der Waals surface area contributed by atoms with Gasteiger partial charge in [-0.2, -0.15) is 0 Å². The minimum atomic E-state index is -0.00468. The van der Waals surface area contributed by atoms with E-state index in [4.69, 9.17) is 46.4 Å². The number of rotatable bonds is 6. The van der Waals surface area contributed by atoms with E-state index >= 15 is 0 Å². The molecule has 0 aliphatic carbocycles. The van der Waals surface area contributed by atoms with Crippen molar-refractivity contribution in [3.05, 3.63) is 85.6 Å². The normalized spacial score (nSPS) is 11.2. The third-order valence-corrected chi connectivity index (χ3v) is 5.26. The summed E-state index contributed by atoms with van der Waals surface area (Å²) in [5.41, 5.74) is 1.86. The first-order chi connectivity index (χ1) is 13.3. The largest absolute Gasteiger partial charge is 0.508 e. The Balaban J connectivity index is 1.94. The lowest BCUT2D eigenvalue weighted by Gasteiger charge is -2.24. The maximum atomic E-state index is 10.3. The first-order valence-electron chi connectivity index (χ1n) is 8.29. The molecule has 0 saturated carbocycles.